The van der Waals surface area contributed by atoms with Gasteiger partial charge in [-0.25, -0.2) is 0 Å². The number of benzene rings is 1. The number of carbonyl (C=O) groups is 2. The zero-order chi connectivity index (χ0) is 11.4. The molecule has 1 rings (SSSR count). The molecule has 0 spiro atoms. The van der Waals surface area contributed by atoms with Crippen molar-refractivity contribution >= 4 is 11.6 Å². The van der Waals surface area contributed by atoms with Crippen LogP contribution in [0.15, 0.2) is 43.5 Å². The molecule has 76 valence electrons. The molecule has 0 radical (unpaired) electrons. The van der Waals surface area contributed by atoms with Crippen molar-refractivity contribution in [2.24, 2.45) is 0 Å². The zero-order valence-electron chi connectivity index (χ0n) is 8.62. The molecule has 0 amide bonds. The van der Waals surface area contributed by atoms with E-state index in [1.54, 1.807) is 25.1 Å². The van der Waals surface area contributed by atoms with Crippen molar-refractivity contribution in [3.8, 4) is 0 Å². The van der Waals surface area contributed by atoms with Gasteiger partial charge in [0.25, 0.3) is 0 Å². The first kappa shape index (κ1) is 11.1. The van der Waals surface area contributed by atoms with E-state index in [1.165, 1.54) is 12.2 Å². The Kier molecular flexibility index (Phi) is 3.34. The Labute approximate surface area is 88.9 Å². The lowest BCUT2D eigenvalue weighted by Gasteiger charge is -2.06. The predicted octanol–water partition coefficient (Wildman–Crippen LogP) is 2.73. The van der Waals surface area contributed by atoms with Gasteiger partial charge in [0.2, 0.25) is 0 Å². The average molecular weight is 200 g/mol. The molecule has 0 aliphatic carbocycles. The highest BCUT2D eigenvalue weighted by molar-refractivity contribution is 6.10. The van der Waals surface area contributed by atoms with E-state index in [1.807, 2.05) is 0 Å². The molecule has 0 unspecified atom stereocenters. The lowest BCUT2D eigenvalue weighted by atomic mass is 9.97. The Balaban J connectivity index is 3.34. The fourth-order valence-electron chi connectivity index (χ4n) is 1.39. The average Bonchev–Trinajstić information content (AvgIpc) is 2.27. The van der Waals surface area contributed by atoms with Crippen LogP contribution in [0.5, 0.6) is 0 Å². The van der Waals surface area contributed by atoms with E-state index in [0.29, 0.717) is 16.7 Å². The number of hydrogen-bond acceptors (Lipinski definition) is 2. The molecule has 0 fully saturated rings. The highest BCUT2D eigenvalue weighted by Gasteiger charge is 2.11. The van der Waals surface area contributed by atoms with E-state index in [-0.39, 0.29) is 11.6 Å². The van der Waals surface area contributed by atoms with Crippen molar-refractivity contribution in [1.82, 2.24) is 0 Å². The van der Waals surface area contributed by atoms with Crippen LogP contribution < -0.4 is 0 Å². The van der Waals surface area contributed by atoms with Gasteiger partial charge in [-0.15, -0.1) is 0 Å². The number of allylic oxidation sites excluding steroid dienone is 2. The quantitative estimate of drug-likeness (QED) is 0.553. The van der Waals surface area contributed by atoms with Gasteiger partial charge in [0.05, 0.1) is 0 Å². The summed E-state index contributed by atoms with van der Waals surface area (Å²) in [6.45, 7) is 8.58. The molecule has 0 heterocycles. The third-order valence-electron chi connectivity index (χ3n) is 2.24. The zero-order valence-corrected chi connectivity index (χ0v) is 8.62. The van der Waals surface area contributed by atoms with Crippen molar-refractivity contribution in [3.05, 3.63) is 60.2 Å². The Morgan fingerprint density at radius 3 is 1.80 bits per heavy atom. The lowest BCUT2D eigenvalue weighted by Crippen LogP contribution is -2.04. The van der Waals surface area contributed by atoms with E-state index in [0.717, 1.165) is 0 Å². The minimum absolute atomic E-state index is 0.175. The summed E-state index contributed by atoms with van der Waals surface area (Å²) in [6.07, 6.45) is 2.48. The Morgan fingerprint density at radius 1 is 1.07 bits per heavy atom. The minimum Gasteiger partial charge on any atom is -0.289 e. The fourth-order valence-corrected chi connectivity index (χ4v) is 1.39. The molecule has 0 aliphatic rings. The van der Waals surface area contributed by atoms with E-state index >= 15 is 0 Å². The number of rotatable bonds is 4. The molecule has 0 saturated carbocycles. The molecule has 0 aromatic heterocycles. The molecule has 15 heavy (non-hydrogen) atoms. The minimum atomic E-state index is -0.175. The Bertz CT molecular complexity index is 404. The van der Waals surface area contributed by atoms with Crippen LogP contribution in [0.25, 0.3) is 0 Å². The standard InChI is InChI=1S/C13H12O2/c1-4-12(14)10-7-6-8-11(9(10)3)13(15)5-2/h4-8H,1-2H2,3H3. The third kappa shape index (κ3) is 2.10. The van der Waals surface area contributed by atoms with Gasteiger partial charge in [-0.1, -0.05) is 31.4 Å². The molecule has 0 N–H and O–H groups in total. The highest BCUT2D eigenvalue weighted by atomic mass is 16.1. The van der Waals surface area contributed by atoms with Crippen LogP contribution in [0.4, 0.5) is 0 Å². The number of carbonyl (C=O) groups excluding carboxylic acids is 2. The van der Waals surface area contributed by atoms with Gasteiger partial charge in [-0.05, 0) is 24.6 Å². The summed E-state index contributed by atoms with van der Waals surface area (Å²) in [6, 6.07) is 5.04. The van der Waals surface area contributed by atoms with Gasteiger partial charge in [-0.2, -0.15) is 0 Å². The third-order valence-corrected chi connectivity index (χ3v) is 2.24. The topological polar surface area (TPSA) is 34.1 Å². The normalized spacial score (nSPS) is 9.40. The van der Waals surface area contributed by atoms with Crippen LogP contribution in [-0.4, -0.2) is 11.6 Å². The SMILES string of the molecule is C=CC(=O)c1cccc(C(=O)C=C)c1C. The van der Waals surface area contributed by atoms with E-state index in [4.69, 9.17) is 0 Å². The highest BCUT2D eigenvalue weighted by Crippen LogP contribution is 2.15. The summed E-state index contributed by atoms with van der Waals surface area (Å²) < 4.78 is 0. The van der Waals surface area contributed by atoms with E-state index < -0.39 is 0 Å². The van der Waals surface area contributed by atoms with Gasteiger partial charge in [0, 0.05) is 11.1 Å². The summed E-state index contributed by atoms with van der Waals surface area (Å²) in [5.41, 5.74) is 1.70. The van der Waals surface area contributed by atoms with Crippen LogP contribution in [0.3, 0.4) is 0 Å². The lowest BCUT2D eigenvalue weighted by molar-refractivity contribution is 0.104. The maximum absolute atomic E-state index is 11.4. The van der Waals surface area contributed by atoms with Gasteiger partial charge in [-0.3, -0.25) is 9.59 Å². The second kappa shape index (κ2) is 4.51. The molecule has 0 saturated heterocycles. The van der Waals surface area contributed by atoms with Crippen molar-refractivity contribution in [3.63, 3.8) is 0 Å². The summed E-state index contributed by atoms with van der Waals surface area (Å²) in [5.74, 6) is -0.350. The molecule has 2 nitrogen and oxygen atoms in total. The number of hydrogen-bond donors (Lipinski definition) is 0. The summed E-state index contributed by atoms with van der Waals surface area (Å²) >= 11 is 0. The second-order valence-electron chi connectivity index (χ2n) is 3.11. The first-order valence-corrected chi connectivity index (χ1v) is 4.55. The molecular weight excluding hydrogens is 188 g/mol. The predicted molar refractivity (Wildman–Crippen MR) is 60.2 cm³/mol. The smallest absolute Gasteiger partial charge is 0.185 e. The largest absolute Gasteiger partial charge is 0.289 e. The fraction of sp³-hybridized carbons (Fsp3) is 0.0769. The molecule has 0 aliphatic heterocycles. The molecule has 1 aromatic carbocycles. The Morgan fingerprint density at radius 2 is 1.47 bits per heavy atom. The Hall–Kier alpha value is -1.96. The summed E-state index contributed by atoms with van der Waals surface area (Å²) in [4.78, 5) is 22.9. The van der Waals surface area contributed by atoms with Gasteiger partial charge in [0.1, 0.15) is 0 Å². The van der Waals surface area contributed by atoms with Crippen LogP contribution in [0.1, 0.15) is 26.3 Å². The van der Waals surface area contributed by atoms with Crippen molar-refractivity contribution < 1.29 is 9.59 Å². The maximum atomic E-state index is 11.4. The first-order valence-electron chi connectivity index (χ1n) is 4.55. The molecule has 1 aromatic rings. The van der Waals surface area contributed by atoms with Crippen LogP contribution in [-0.2, 0) is 0 Å². The summed E-state index contributed by atoms with van der Waals surface area (Å²) in [5, 5.41) is 0. The van der Waals surface area contributed by atoms with Gasteiger partial charge >= 0.3 is 0 Å². The van der Waals surface area contributed by atoms with Crippen molar-refractivity contribution in [2.75, 3.05) is 0 Å². The molecule has 0 atom stereocenters. The first-order chi connectivity index (χ1) is 7.11. The van der Waals surface area contributed by atoms with Crippen molar-refractivity contribution in [1.29, 1.82) is 0 Å². The monoisotopic (exact) mass is 200 g/mol. The van der Waals surface area contributed by atoms with Crippen molar-refractivity contribution in [2.45, 2.75) is 6.92 Å². The van der Waals surface area contributed by atoms with Crippen LogP contribution in [0.2, 0.25) is 0 Å². The van der Waals surface area contributed by atoms with Crippen LogP contribution in [0, 0.1) is 6.92 Å². The molecular formula is C13H12O2. The van der Waals surface area contributed by atoms with E-state index in [2.05, 4.69) is 13.2 Å². The second-order valence-corrected chi connectivity index (χ2v) is 3.11. The van der Waals surface area contributed by atoms with E-state index in [9.17, 15) is 9.59 Å². The maximum Gasteiger partial charge on any atom is 0.185 e. The molecule has 2 heteroatoms. The van der Waals surface area contributed by atoms with Crippen LogP contribution >= 0.6 is 0 Å². The van der Waals surface area contributed by atoms with Gasteiger partial charge in [0.15, 0.2) is 11.6 Å². The summed E-state index contributed by atoms with van der Waals surface area (Å²) in [7, 11) is 0. The van der Waals surface area contributed by atoms with Gasteiger partial charge < -0.3 is 0 Å². The molecule has 0 bridgehead atoms. The number of ketones is 2.